The number of aromatic nitrogens is 1. The minimum absolute atomic E-state index is 0.0946. The lowest BCUT2D eigenvalue weighted by Crippen LogP contribution is -2.54. The zero-order valence-corrected chi connectivity index (χ0v) is 25.9. The number of esters is 1. The van der Waals surface area contributed by atoms with E-state index in [2.05, 4.69) is 4.98 Å². The molecule has 1 fully saturated rings. The number of fused-ring (bicyclic) bond motifs is 3. The summed E-state index contributed by atoms with van der Waals surface area (Å²) in [5, 5.41) is 1.02. The number of piperidine rings is 1. The number of nitrogens with zero attached hydrogens (tertiary/aromatic N) is 3. The maximum Gasteiger partial charge on any atom is 0.306 e. The summed E-state index contributed by atoms with van der Waals surface area (Å²) in [4.78, 5) is 60.6. The molecule has 2 aliphatic rings. The number of likely N-dealkylation sites (N-methyl/N-ethyl adjacent to an activating group) is 1. The highest BCUT2D eigenvalue weighted by Gasteiger charge is 2.43. The van der Waals surface area contributed by atoms with Gasteiger partial charge in [-0.25, -0.2) is 0 Å². The molecule has 0 aliphatic carbocycles. The second kappa shape index (κ2) is 12.8. The first-order chi connectivity index (χ1) is 20.6. The second-order valence-corrected chi connectivity index (χ2v) is 12.3. The Morgan fingerprint density at radius 3 is 2.33 bits per heavy atom. The van der Waals surface area contributed by atoms with Crippen LogP contribution in [0.4, 0.5) is 0 Å². The van der Waals surface area contributed by atoms with E-state index in [9.17, 15) is 19.2 Å². The second-order valence-electron chi connectivity index (χ2n) is 12.1. The fourth-order valence-corrected chi connectivity index (χ4v) is 6.38. The Bertz CT molecular complexity index is 1510. The number of benzene rings is 2. The van der Waals surface area contributed by atoms with Gasteiger partial charge in [0.2, 0.25) is 11.8 Å². The molecule has 0 spiro atoms. The van der Waals surface area contributed by atoms with Crippen LogP contribution >= 0.6 is 11.6 Å². The molecule has 2 atom stereocenters. The highest BCUT2D eigenvalue weighted by atomic mass is 35.5. The smallest absolute Gasteiger partial charge is 0.306 e. The first-order valence-electron chi connectivity index (χ1n) is 14.9. The minimum Gasteiger partial charge on any atom is -0.462 e. The number of ether oxygens (including phenoxy) is 1. The molecule has 10 heteroatoms. The van der Waals surface area contributed by atoms with Crippen molar-refractivity contribution >= 4 is 46.2 Å². The summed E-state index contributed by atoms with van der Waals surface area (Å²) in [6.07, 6.45) is 1.81. The molecule has 2 aromatic carbocycles. The zero-order chi connectivity index (χ0) is 30.8. The van der Waals surface area contributed by atoms with Crippen molar-refractivity contribution in [2.24, 2.45) is 5.92 Å². The van der Waals surface area contributed by atoms with Gasteiger partial charge in [0.25, 0.3) is 5.91 Å². The summed E-state index contributed by atoms with van der Waals surface area (Å²) in [5.41, 5.74) is 4.07. The van der Waals surface area contributed by atoms with Gasteiger partial charge in [0, 0.05) is 75.0 Å². The fourth-order valence-electron chi connectivity index (χ4n) is 6.24. The molecule has 0 bridgehead atoms. The lowest BCUT2D eigenvalue weighted by atomic mass is 9.87. The largest absolute Gasteiger partial charge is 0.462 e. The van der Waals surface area contributed by atoms with Crippen LogP contribution in [0.5, 0.6) is 0 Å². The molecule has 0 radical (unpaired) electrons. The molecule has 9 nitrogen and oxygen atoms in total. The van der Waals surface area contributed by atoms with Gasteiger partial charge in [-0.3, -0.25) is 19.2 Å². The number of hydrogen-bond donors (Lipinski definition) is 1. The van der Waals surface area contributed by atoms with E-state index in [-0.39, 0.29) is 41.6 Å². The van der Waals surface area contributed by atoms with Gasteiger partial charge in [-0.15, -0.1) is 11.6 Å². The van der Waals surface area contributed by atoms with E-state index in [0.717, 1.165) is 27.7 Å². The van der Waals surface area contributed by atoms with Crippen molar-refractivity contribution in [3.63, 3.8) is 0 Å². The number of para-hydroxylation sites is 1. The molecule has 43 heavy (non-hydrogen) atoms. The summed E-state index contributed by atoms with van der Waals surface area (Å²) < 4.78 is 5.60. The number of H-pyrrole nitrogens is 1. The summed E-state index contributed by atoms with van der Waals surface area (Å²) in [7, 11) is 3.37. The van der Waals surface area contributed by atoms with Crippen LogP contribution in [0.2, 0.25) is 0 Å². The molecule has 1 aromatic heterocycles. The van der Waals surface area contributed by atoms with E-state index in [4.69, 9.17) is 16.3 Å². The van der Waals surface area contributed by atoms with Gasteiger partial charge in [0.15, 0.2) is 0 Å². The normalized spacial score (nSPS) is 18.9. The number of nitrogens with one attached hydrogen (secondary N) is 1. The Labute approximate surface area is 257 Å². The molecule has 1 saturated heterocycles. The maximum atomic E-state index is 13.4. The number of alkyl halides is 1. The Hall–Kier alpha value is -3.85. The predicted octanol–water partition coefficient (Wildman–Crippen LogP) is 4.53. The lowest BCUT2D eigenvalue weighted by molar-refractivity contribution is -0.151. The monoisotopic (exact) mass is 606 g/mol. The van der Waals surface area contributed by atoms with Crippen LogP contribution in [0.1, 0.15) is 66.3 Å². The van der Waals surface area contributed by atoms with E-state index in [0.29, 0.717) is 44.3 Å². The Balaban J connectivity index is 1.41. The van der Waals surface area contributed by atoms with Crippen molar-refractivity contribution < 1.29 is 23.9 Å². The average Bonchev–Trinajstić information content (AvgIpc) is 3.37. The third-order valence-corrected chi connectivity index (χ3v) is 8.56. The zero-order valence-electron chi connectivity index (χ0n) is 25.1. The molecular formula is C33H39ClN4O5. The van der Waals surface area contributed by atoms with Crippen molar-refractivity contribution in [3.8, 4) is 0 Å². The Morgan fingerprint density at radius 1 is 1.02 bits per heavy atom. The van der Waals surface area contributed by atoms with Crippen LogP contribution in [0.15, 0.2) is 48.5 Å². The van der Waals surface area contributed by atoms with Crippen molar-refractivity contribution in [2.45, 2.75) is 57.7 Å². The molecular weight excluding hydrogens is 568 g/mol. The third kappa shape index (κ3) is 6.27. The van der Waals surface area contributed by atoms with Gasteiger partial charge >= 0.3 is 5.97 Å². The fraction of sp³-hybridized carbons (Fsp3) is 0.455. The first-order valence-corrected chi connectivity index (χ1v) is 15.4. The van der Waals surface area contributed by atoms with Crippen LogP contribution in [0.25, 0.3) is 10.9 Å². The SMILES string of the molecule is CC(C)CC(=O)OC1CCN(C(=O)c2ccc([C@H]3c4[nH]c5ccccc5c4C[C@H](C(=O)N(C)C)N3C(=O)CCl)cc2)CC1. The highest BCUT2D eigenvalue weighted by molar-refractivity contribution is 6.27. The number of carbonyl (C=O) groups excluding carboxylic acids is 4. The molecule has 0 unspecified atom stereocenters. The number of halogens is 1. The van der Waals surface area contributed by atoms with E-state index in [1.54, 1.807) is 36.0 Å². The minimum atomic E-state index is -0.727. The van der Waals surface area contributed by atoms with Gasteiger partial charge in [-0.1, -0.05) is 44.2 Å². The van der Waals surface area contributed by atoms with Gasteiger partial charge in [0.05, 0.1) is 6.04 Å². The van der Waals surface area contributed by atoms with Gasteiger partial charge in [-0.05, 0) is 35.2 Å². The molecule has 3 amide bonds. The lowest BCUT2D eigenvalue weighted by Gasteiger charge is -2.42. The van der Waals surface area contributed by atoms with Crippen LogP contribution in [-0.2, 0) is 25.5 Å². The topological polar surface area (TPSA) is 103 Å². The van der Waals surface area contributed by atoms with Crippen LogP contribution in [0, 0.1) is 5.92 Å². The third-order valence-electron chi connectivity index (χ3n) is 8.34. The van der Waals surface area contributed by atoms with Crippen molar-refractivity contribution in [3.05, 3.63) is 70.9 Å². The summed E-state index contributed by atoms with van der Waals surface area (Å²) >= 11 is 6.10. The summed E-state index contributed by atoms with van der Waals surface area (Å²) in [5.74, 6) is -0.816. The first kappa shape index (κ1) is 30.6. The number of likely N-dealkylation sites (tertiary alicyclic amines) is 1. The van der Waals surface area contributed by atoms with Crippen LogP contribution in [0.3, 0.4) is 0 Å². The molecule has 0 saturated carbocycles. The Kier molecular flexibility index (Phi) is 9.11. The molecule has 3 heterocycles. The van der Waals surface area contributed by atoms with Crippen LogP contribution in [-0.4, -0.2) is 88.6 Å². The standard InChI is InChI=1S/C33H39ClN4O5/c1-20(2)17-29(40)43-23-13-15-37(16-14-23)32(41)22-11-9-21(10-12-22)31-30-25(24-7-5-6-8-26(24)35-30)18-27(33(42)36(3)4)38(31)28(39)19-34/h5-12,20,23,27,31,35H,13-19H2,1-4H3/t27-,31+/m1/s1. The highest BCUT2D eigenvalue weighted by Crippen LogP contribution is 2.41. The number of hydrogen-bond acceptors (Lipinski definition) is 5. The number of aromatic amines is 1. The number of rotatable bonds is 7. The van der Waals surface area contributed by atoms with Gasteiger partial charge < -0.3 is 24.4 Å². The maximum absolute atomic E-state index is 13.4. The summed E-state index contributed by atoms with van der Waals surface area (Å²) in [6, 6.07) is 13.9. The van der Waals surface area contributed by atoms with E-state index in [1.807, 2.05) is 50.2 Å². The predicted molar refractivity (Wildman–Crippen MR) is 165 cm³/mol. The molecule has 228 valence electrons. The van der Waals surface area contributed by atoms with Crippen LogP contribution < -0.4 is 0 Å². The van der Waals surface area contributed by atoms with Crippen molar-refractivity contribution in [1.82, 2.24) is 19.7 Å². The van der Waals surface area contributed by atoms with E-state index >= 15 is 0 Å². The number of carbonyl (C=O) groups is 4. The molecule has 5 rings (SSSR count). The molecule has 3 aromatic rings. The van der Waals surface area contributed by atoms with Crippen molar-refractivity contribution in [1.29, 1.82) is 0 Å². The Morgan fingerprint density at radius 2 is 1.70 bits per heavy atom. The van der Waals surface area contributed by atoms with E-state index in [1.165, 1.54) is 4.90 Å². The molecule has 2 aliphatic heterocycles. The average molecular weight is 607 g/mol. The van der Waals surface area contributed by atoms with Gasteiger partial charge in [-0.2, -0.15) is 0 Å². The van der Waals surface area contributed by atoms with E-state index < -0.39 is 12.1 Å². The summed E-state index contributed by atoms with van der Waals surface area (Å²) in [6.45, 7) is 4.98. The van der Waals surface area contributed by atoms with Crippen molar-refractivity contribution in [2.75, 3.05) is 33.1 Å². The quantitative estimate of drug-likeness (QED) is 0.314. The molecule has 1 N–H and O–H groups in total. The van der Waals surface area contributed by atoms with Gasteiger partial charge in [0.1, 0.15) is 18.0 Å². The number of amides is 3.